The number of allylic oxidation sites excluding steroid dienone is 2. The summed E-state index contributed by atoms with van der Waals surface area (Å²) in [5.74, 6) is 0.0468. The van der Waals surface area contributed by atoms with Gasteiger partial charge in [-0.3, -0.25) is 0 Å². The summed E-state index contributed by atoms with van der Waals surface area (Å²) in [5.41, 5.74) is 1.70. The van der Waals surface area contributed by atoms with Gasteiger partial charge in [0.05, 0.1) is 11.6 Å². The van der Waals surface area contributed by atoms with Crippen molar-refractivity contribution in [2.75, 3.05) is 24.6 Å². The fourth-order valence-electron chi connectivity index (χ4n) is 3.93. The Kier molecular flexibility index (Phi) is 7.56. The minimum atomic E-state index is -0.846. The lowest BCUT2D eigenvalue weighted by Gasteiger charge is -2.23. The molecule has 2 aromatic rings. The fraction of sp³-hybridized carbons (Fsp3) is 0.346. The predicted octanol–water partition coefficient (Wildman–Crippen LogP) is 5.40. The van der Waals surface area contributed by atoms with E-state index < -0.39 is 5.60 Å². The lowest BCUT2D eigenvalue weighted by Crippen LogP contribution is -2.26. The average molecular weight is 459 g/mol. The zero-order valence-electron chi connectivity index (χ0n) is 19.1. The molecule has 1 aromatic carbocycles. The third-order valence-electron chi connectivity index (χ3n) is 5.51. The average Bonchev–Trinajstić information content (AvgIpc) is 3.40. The zero-order chi connectivity index (χ0) is 24.0. The van der Waals surface area contributed by atoms with Crippen molar-refractivity contribution in [1.29, 1.82) is 15.8 Å². The standard InChI is InChI=1S/C26H26N4O2S/c1-4-5-12-30(13-14-31)23-11-10-22(33-23)18-6-8-19(9-7-18)24-21(17-29)25(20(15-27)16-28)32-26(24,2)3/h6-11,31H,4-5,12-14H2,1-3H3. The van der Waals surface area contributed by atoms with E-state index in [1.165, 1.54) is 0 Å². The molecule has 0 fully saturated rings. The third kappa shape index (κ3) is 4.94. The smallest absolute Gasteiger partial charge is 0.172 e. The normalized spacial score (nSPS) is 14.3. The van der Waals surface area contributed by atoms with Gasteiger partial charge in [-0.25, -0.2) is 0 Å². The van der Waals surface area contributed by atoms with Crippen LogP contribution in [-0.4, -0.2) is 30.4 Å². The van der Waals surface area contributed by atoms with Crippen LogP contribution in [0.2, 0.25) is 0 Å². The van der Waals surface area contributed by atoms with Gasteiger partial charge in [-0.05, 0) is 43.5 Å². The second-order valence-electron chi connectivity index (χ2n) is 8.18. The van der Waals surface area contributed by atoms with E-state index in [1.807, 2.05) is 50.3 Å². The van der Waals surface area contributed by atoms with Crippen LogP contribution in [0.4, 0.5) is 5.00 Å². The largest absolute Gasteiger partial charge is 0.480 e. The topological polar surface area (TPSA) is 104 Å². The van der Waals surface area contributed by atoms with E-state index in [-0.39, 0.29) is 23.5 Å². The van der Waals surface area contributed by atoms with Gasteiger partial charge in [-0.15, -0.1) is 11.3 Å². The number of hydrogen-bond donors (Lipinski definition) is 1. The Hall–Kier alpha value is -3.57. The number of anilines is 1. The maximum atomic E-state index is 9.77. The molecule has 1 aromatic heterocycles. The van der Waals surface area contributed by atoms with Gasteiger partial charge in [-0.1, -0.05) is 37.6 Å². The SMILES string of the molecule is CCCCN(CCO)c1ccc(-c2ccc(C3=C(C#N)C(=C(C#N)C#N)OC3(C)C)cc2)s1. The molecule has 0 saturated heterocycles. The number of aliphatic hydroxyl groups is 1. The highest BCUT2D eigenvalue weighted by atomic mass is 32.1. The fourth-order valence-corrected chi connectivity index (χ4v) is 4.99. The maximum Gasteiger partial charge on any atom is 0.172 e. The van der Waals surface area contributed by atoms with Crippen molar-refractivity contribution in [3.63, 3.8) is 0 Å². The molecule has 3 rings (SSSR count). The molecule has 0 unspecified atom stereocenters. The third-order valence-corrected chi connectivity index (χ3v) is 6.71. The number of thiophene rings is 1. The molecule has 1 aliphatic rings. The molecule has 6 nitrogen and oxygen atoms in total. The number of rotatable bonds is 8. The highest BCUT2D eigenvalue weighted by Gasteiger charge is 2.40. The molecule has 0 bridgehead atoms. The van der Waals surface area contributed by atoms with Crippen LogP contribution in [0.5, 0.6) is 0 Å². The Morgan fingerprint density at radius 1 is 1.03 bits per heavy atom. The molecule has 0 aliphatic carbocycles. The summed E-state index contributed by atoms with van der Waals surface area (Å²) >= 11 is 1.68. The first-order chi connectivity index (χ1) is 15.9. The van der Waals surface area contributed by atoms with Crippen LogP contribution in [0.1, 0.15) is 39.2 Å². The summed E-state index contributed by atoms with van der Waals surface area (Å²) < 4.78 is 5.88. The van der Waals surface area contributed by atoms with E-state index in [0.717, 1.165) is 40.4 Å². The Labute approximate surface area is 198 Å². The quantitative estimate of drug-likeness (QED) is 0.531. The van der Waals surface area contributed by atoms with Gasteiger partial charge in [0.1, 0.15) is 29.4 Å². The van der Waals surface area contributed by atoms with Crippen molar-refractivity contribution in [2.45, 2.75) is 39.2 Å². The van der Waals surface area contributed by atoms with Crippen molar-refractivity contribution in [3.05, 3.63) is 58.9 Å². The minimum absolute atomic E-state index is 0.0468. The molecule has 0 radical (unpaired) electrons. The number of hydrogen-bond acceptors (Lipinski definition) is 7. The molecule has 168 valence electrons. The number of ether oxygens (including phenoxy) is 1. The van der Waals surface area contributed by atoms with Crippen molar-refractivity contribution in [1.82, 2.24) is 0 Å². The van der Waals surface area contributed by atoms with Gasteiger partial charge in [0, 0.05) is 23.5 Å². The van der Waals surface area contributed by atoms with E-state index in [4.69, 9.17) is 4.74 Å². The van der Waals surface area contributed by atoms with Crippen LogP contribution in [0, 0.1) is 34.0 Å². The van der Waals surface area contributed by atoms with Gasteiger partial charge >= 0.3 is 0 Å². The lowest BCUT2D eigenvalue weighted by molar-refractivity contribution is 0.109. The molecule has 7 heteroatoms. The minimum Gasteiger partial charge on any atom is -0.480 e. The van der Waals surface area contributed by atoms with Gasteiger partial charge in [-0.2, -0.15) is 15.8 Å². The predicted molar refractivity (Wildman–Crippen MR) is 130 cm³/mol. The molecule has 2 heterocycles. The molecular formula is C26H26N4O2S. The van der Waals surface area contributed by atoms with Gasteiger partial charge in [0.2, 0.25) is 0 Å². The van der Waals surface area contributed by atoms with E-state index in [0.29, 0.717) is 12.1 Å². The van der Waals surface area contributed by atoms with Crippen molar-refractivity contribution in [2.24, 2.45) is 0 Å². The summed E-state index contributed by atoms with van der Waals surface area (Å²) in [4.78, 5) is 3.33. The van der Waals surface area contributed by atoms with E-state index in [1.54, 1.807) is 11.3 Å². The van der Waals surface area contributed by atoms with Crippen molar-refractivity contribution < 1.29 is 9.84 Å². The second kappa shape index (κ2) is 10.4. The molecule has 33 heavy (non-hydrogen) atoms. The van der Waals surface area contributed by atoms with Gasteiger partial charge in [0.15, 0.2) is 11.3 Å². The van der Waals surface area contributed by atoms with Crippen molar-refractivity contribution in [3.8, 4) is 28.6 Å². The highest BCUT2D eigenvalue weighted by Crippen LogP contribution is 2.45. The summed E-state index contributed by atoms with van der Waals surface area (Å²) in [6.07, 6.45) is 2.18. The molecule has 0 amide bonds. The summed E-state index contributed by atoms with van der Waals surface area (Å²) in [5, 5.41) is 38.8. The first-order valence-electron chi connectivity index (χ1n) is 10.8. The Balaban J connectivity index is 1.95. The van der Waals surface area contributed by atoms with Crippen LogP contribution >= 0.6 is 11.3 Å². The first-order valence-corrected chi connectivity index (χ1v) is 11.7. The van der Waals surface area contributed by atoms with E-state index >= 15 is 0 Å². The monoisotopic (exact) mass is 458 g/mol. The number of aliphatic hydroxyl groups excluding tert-OH is 1. The van der Waals surface area contributed by atoms with Crippen LogP contribution in [-0.2, 0) is 4.74 Å². The molecule has 1 aliphatic heterocycles. The summed E-state index contributed by atoms with van der Waals surface area (Å²) in [6.45, 7) is 7.45. The number of nitriles is 3. The van der Waals surface area contributed by atoms with Gasteiger partial charge in [0.25, 0.3) is 0 Å². The van der Waals surface area contributed by atoms with E-state index in [9.17, 15) is 20.9 Å². The number of benzene rings is 1. The Morgan fingerprint density at radius 2 is 1.70 bits per heavy atom. The molecule has 0 saturated carbocycles. The summed E-state index contributed by atoms with van der Waals surface area (Å²) in [7, 11) is 0. The first kappa shape index (κ1) is 24.1. The molecule has 0 spiro atoms. The highest BCUT2D eigenvalue weighted by molar-refractivity contribution is 7.19. The number of nitrogens with zero attached hydrogens (tertiary/aromatic N) is 4. The summed E-state index contributed by atoms with van der Waals surface area (Å²) in [6, 6.07) is 17.8. The number of unbranched alkanes of at least 4 members (excludes halogenated alkanes) is 1. The second-order valence-corrected chi connectivity index (χ2v) is 9.24. The van der Waals surface area contributed by atoms with Crippen molar-refractivity contribution >= 4 is 21.9 Å². The Bertz CT molecular complexity index is 1180. The zero-order valence-corrected chi connectivity index (χ0v) is 19.9. The maximum absolute atomic E-state index is 9.77. The van der Waals surface area contributed by atoms with Crippen LogP contribution in [0.15, 0.2) is 53.3 Å². The van der Waals surface area contributed by atoms with Crippen LogP contribution < -0.4 is 4.90 Å². The molecule has 1 N–H and O–H groups in total. The van der Waals surface area contributed by atoms with Crippen LogP contribution in [0.25, 0.3) is 16.0 Å². The Morgan fingerprint density at radius 3 is 2.27 bits per heavy atom. The van der Waals surface area contributed by atoms with E-state index in [2.05, 4.69) is 30.0 Å². The molecule has 0 atom stereocenters. The van der Waals surface area contributed by atoms with Gasteiger partial charge < -0.3 is 14.7 Å². The molecular weight excluding hydrogens is 432 g/mol. The van der Waals surface area contributed by atoms with Crippen LogP contribution in [0.3, 0.4) is 0 Å². The lowest BCUT2D eigenvalue weighted by atomic mass is 9.88.